The lowest BCUT2D eigenvalue weighted by Crippen LogP contribution is -1.97. The first-order valence-electron chi connectivity index (χ1n) is 3.99. The molecule has 0 unspecified atom stereocenters. The average molecular weight is 291 g/mol. The van der Waals surface area contributed by atoms with Crippen molar-refractivity contribution in [3.8, 4) is 11.5 Å². The number of nitrogens with zero attached hydrogens (tertiary/aromatic N) is 3. The summed E-state index contributed by atoms with van der Waals surface area (Å²) in [5.41, 5.74) is 0.837. The molecule has 0 aromatic carbocycles. The van der Waals surface area contributed by atoms with Crippen LogP contribution in [0.1, 0.15) is 6.92 Å². The van der Waals surface area contributed by atoms with Crippen LogP contribution in [0.4, 0.5) is 0 Å². The Labute approximate surface area is 98.3 Å². The number of hydrogen-bond acceptors (Lipinski definition) is 4. The zero-order chi connectivity index (χ0) is 10.1. The van der Waals surface area contributed by atoms with Crippen molar-refractivity contribution in [2.75, 3.05) is 0 Å². The summed E-state index contributed by atoms with van der Waals surface area (Å²) < 4.78 is 7.74. The lowest BCUT2D eigenvalue weighted by Gasteiger charge is -1.99. The third-order valence-electron chi connectivity index (χ3n) is 1.81. The predicted molar refractivity (Wildman–Crippen MR) is 61.9 cm³/mol. The van der Waals surface area contributed by atoms with Crippen LogP contribution in [0.5, 0.6) is 0 Å². The minimum Gasteiger partial charge on any atom is -0.299 e. The van der Waals surface area contributed by atoms with E-state index in [-0.39, 0.29) is 0 Å². The van der Waals surface area contributed by atoms with Crippen molar-refractivity contribution in [2.45, 2.75) is 13.5 Å². The molecule has 0 fully saturated rings. The Morgan fingerprint density at radius 1 is 1.71 bits per heavy atom. The molecule has 14 heavy (non-hydrogen) atoms. The Balaban J connectivity index is 2.63. The van der Waals surface area contributed by atoms with E-state index in [0.717, 1.165) is 22.5 Å². The largest absolute Gasteiger partial charge is 0.299 e. The Morgan fingerprint density at radius 2 is 2.50 bits per heavy atom. The van der Waals surface area contributed by atoms with Crippen LogP contribution in [0.15, 0.2) is 9.85 Å². The van der Waals surface area contributed by atoms with Gasteiger partial charge in [0.25, 0.3) is 0 Å². The molecule has 0 bridgehead atoms. The minimum absolute atomic E-state index is 0.627. The Hall–Kier alpha value is -0.530. The van der Waals surface area contributed by atoms with E-state index in [1.807, 2.05) is 16.9 Å². The Bertz CT molecular complexity index is 498. The predicted octanol–water partition coefficient (Wildman–Crippen LogP) is 2.85. The SMILES string of the molecule is CCn1c(-c2nscc2Br)n[nH]c1=S. The topological polar surface area (TPSA) is 46.5 Å². The van der Waals surface area contributed by atoms with Crippen LogP contribution in [0.3, 0.4) is 0 Å². The van der Waals surface area contributed by atoms with Gasteiger partial charge in [-0.3, -0.25) is 9.67 Å². The van der Waals surface area contributed by atoms with Gasteiger partial charge in [0.1, 0.15) is 5.69 Å². The summed E-state index contributed by atoms with van der Waals surface area (Å²) in [5.74, 6) is 0.783. The molecule has 0 atom stereocenters. The fraction of sp³-hybridized carbons (Fsp3) is 0.286. The summed E-state index contributed by atoms with van der Waals surface area (Å²) in [5, 5.41) is 8.84. The second-order valence-electron chi connectivity index (χ2n) is 2.61. The van der Waals surface area contributed by atoms with Crippen molar-refractivity contribution in [1.29, 1.82) is 0 Å². The highest BCUT2D eigenvalue weighted by Crippen LogP contribution is 2.26. The minimum atomic E-state index is 0.627. The fourth-order valence-corrected chi connectivity index (χ4v) is 2.60. The third-order valence-corrected chi connectivity index (χ3v) is 3.66. The Kier molecular flexibility index (Phi) is 2.80. The molecule has 0 aliphatic heterocycles. The molecule has 7 heteroatoms. The van der Waals surface area contributed by atoms with Gasteiger partial charge in [0.05, 0.1) is 4.47 Å². The van der Waals surface area contributed by atoms with Gasteiger partial charge >= 0.3 is 0 Å². The third kappa shape index (κ3) is 1.55. The number of halogens is 1. The molecule has 0 aliphatic rings. The maximum atomic E-state index is 5.09. The van der Waals surface area contributed by atoms with Crippen molar-refractivity contribution in [3.63, 3.8) is 0 Å². The lowest BCUT2D eigenvalue weighted by atomic mass is 10.4. The molecule has 2 aromatic rings. The zero-order valence-electron chi connectivity index (χ0n) is 7.32. The van der Waals surface area contributed by atoms with Crippen LogP contribution in [-0.2, 0) is 6.54 Å². The van der Waals surface area contributed by atoms with Gasteiger partial charge in [-0.15, -0.1) is 0 Å². The Morgan fingerprint density at radius 3 is 3.07 bits per heavy atom. The first kappa shape index (κ1) is 10.0. The zero-order valence-corrected chi connectivity index (χ0v) is 10.5. The highest BCUT2D eigenvalue weighted by molar-refractivity contribution is 9.10. The molecule has 1 N–H and O–H groups in total. The van der Waals surface area contributed by atoms with Crippen molar-refractivity contribution in [3.05, 3.63) is 14.6 Å². The standard InChI is InChI=1S/C7H7BrN4S2/c1-2-12-6(9-10-7(12)13)5-4(8)3-14-11-5/h3H,2H2,1H3,(H,10,13). The van der Waals surface area contributed by atoms with Gasteiger partial charge in [0.15, 0.2) is 10.6 Å². The van der Waals surface area contributed by atoms with Gasteiger partial charge in [-0.25, -0.2) is 0 Å². The molecule has 0 amide bonds. The van der Waals surface area contributed by atoms with Crippen molar-refractivity contribution in [2.24, 2.45) is 0 Å². The molecule has 2 heterocycles. The summed E-state index contributed by atoms with van der Waals surface area (Å²) in [4.78, 5) is 0. The van der Waals surface area contributed by atoms with Crippen molar-refractivity contribution in [1.82, 2.24) is 19.1 Å². The van der Waals surface area contributed by atoms with Gasteiger partial charge in [-0.05, 0) is 46.6 Å². The number of aromatic amines is 1. The molecule has 2 aromatic heterocycles. The summed E-state index contributed by atoms with van der Waals surface area (Å²) >= 11 is 9.91. The van der Waals surface area contributed by atoms with Crippen LogP contribution in [0, 0.1) is 4.77 Å². The lowest BCUT2D eigenvalue weighted by molar-refractivity contribution is 0.754. The van der Waals surface area contributed by atoms with Crippen LogP contribution < -0.4 is 0 Å². The quantitative estimate of drug-likeness (QED) is 0.865. The van der Waals surface area contributed by atoms with E-state index in [4.69, 9.17) is 12.2 Å². The molecular formula is C7H7BrN4S2. The maximum absolute atomic E-state index is 5.09. The summed E-state index contributed by atoms with van der Waals surface area (Å²) in [7, 11) is 0. The van der Waals surface area contributed by atoms with E-state index >= 15 is 0 Å². The molecule has 4 nitrogen and oxygen atoms in total. The van der Waals surface area contributed by atoms with Crippen molar-refractivity contribution >= 4 is 39.7 Å². The normalized spacial score (nSPS) is 10.7. The van der Waals surface area contributed by atoms with Crippen LogP contribution in [0.2, 0.25) is 0 Å². The number of rotatable bonds is 2. The van der Waals surface area contributed by atoms with Crippen molar-refractivity contribution < 1.29 is 0 Å². The second-order valence-corrected chi connectivity index (χ2v) is 4.48. The van der Waals surface area contributed by atoms with Crippen LogP contribution in [-0.4, -0.2) is 19.1 Å². The van der Waals surface area contributed by atoms with Gasteiger partial charge in [-0.1, -0.05) is 0 Å². The van der Waals surface area contributed by atoms with Gasteiger partial charge in [-0.2, -0.15) is 9.47 Å². The average Bonchev–Trinajstić information content (AvgIpc) is 2.71. The molecule has 74 valence electrons. The number of H-pyrrole nitrogens is 1. The van der Waals surface area contributed by atoms with E-state index in [0.29, 0.717) is 4.77 Å². The molecule has 0 aliphatic carbocycles. The smallest absolute Gasteiger partial charge is 0.195 e. The number of nitrogens with one attached hydrogen (secondary N) is 1. The number of aromatic nitrogens is 4. The van der Waals surface area contributed by atoms with Crippen LogP contribution in [0.25, 0.3) is 11.5 Å². The molecule has 0 spiro atoms. The molecule has 0 saturated carbocycles. The van der Waals surface area contributed by atoms with Gasteiger partial charge in [0, 0.05) is 11.9 Å². The van der Waals surface area contributed by atoms with Gasteiger partial charge in [0.2, 0.25) is 0 Å². The maximum Gasteiger partial charge on any atom is 0.195 e. The van der Waals surface area contributed by atoms with E-state index in [2.05, 4.69) is 30.5 Å². The van der Waals surface area contributed by atoms with E-state index < -0.39 is 0 Å². The highest BCUT2D eigenvalue weighted by atomic mass is 79.9. The molecule has 0 radical (unpaired) electrons. The van der Waals surface area contributed by atoms with E-state index in [1.54, 1.807) is 0 Å². The highest BCUT2D eigenvalue weighted by Gasteiger charge is 2.13. The van der Waals surface area contributed by atoms with E-state index in [9.17, 15) is 0 Å². The molecule has 2 rings (SSSR count). The first-order chi connectivity index (χ1) is 6.74. The van der Waals surface area contributed by atoms with Gasteiger partial charge < -0.3 is 0 Å². The number of hydrogen-bond donors (Lipinski definition) is 1. The summed E-state index contributed by atoms with van der Waals surface area (Å²) in [6.45, 7) is 2.81. The summed E-state index contributed by atoms with van der Waals surface area (Å²) in [6.07, 6.45) is 0. The molecule has 0 saturated heterocycles. The van der Waals surface area contributed by atoms with Crippen LogP contribution >= 0.6 is 39.7 Å². The summed E-state index contributed by atoms with van der Waals surface area (Å²) in [6, 6.07) is 0. The second kappa shape index (κ2) is 3.92. The monoisotopic (exact) mass is 290 g/mol. The van der Waals surface area contributed by atoms with E-state index in [1.165, 1.54) is 11.5 Å². The molecular weight excluding hydrogens is 284 g/mol. The first-order valence-corrected chi connectivity index (χ1v) is 6.03. The fourth-order valence-electron chi connectivity index (χ4n) is 1.16.